The number of rotatable bonds is 5. The minimum absolute atomic E-state index is 0.217. The molecule has 0 aromatic carbocycles. The number of carbonyl (C=O) groups excluding carboxylic acids is 2. The average molecular weight is 312 g/mol. The lowest BCUT2D eigenvalue weighted by Crippen LogP contribution is -2.29. The number of nitrogens with zero attached hydrogens (tertiary/aromatic N) is 2. The molecular formula is C11H10BrN3O3. The van der Waals surface area contributed by atoms with Gasteiger partial charge in [0.15, 0.2) is 6.61 Å². The quantitative estimate of drug-likeness (QED) is 0.647. The van der Waals surface area contributed by atoms with E-state index in [0.717, 1.165) is 0 Å². The molecule has 0 fully saturated rings. The van der Waals surface area contributed by atoms with Crippen LogP contribution < -0.4 is 5.32 Å². The maximum absolute atomic E-state index is 11.5. The van der Waals surface area contributed by atoms with Crippen LogP contribution in [0.4, 0.5) is 0 Å². The molecule has 1 heterocycles. The first-order chi connectivity index (χ1) is 8.63. The molecule has 0 bridgehead atoms. The second kappa shape index (κ2) is 7.40. The van der Waals surface area contributed by atoms with E-state index in [1.54, 1.807) is 6.07 Å². The van der Waals surface area contributed by atoms with E-state index in [0.29, 0.717) is 4.47 Å². The number of pyridine rings is 1. The summed E-state index contributed by atoms with van der Waals surface area (Å²) < 4.78 is 5.43. The average Bonchev–Trinajstić information content (AvgIpc) is 2.36. The van der Waals surface area contributed by atoms with Gasteiger partial charge < -0.3 is 10.1 Å². The fraction of sp³-hybridized carbons (Fsp3) is 0.273. The maximum atomic E-state index is 11.5. The summed E-state index contributed by atoms with van der Waals surface area (Å²) in [6, 6.07) is 3.43. The summed E-state index contributed by atoms with van der Waals surface area (Å²) in [4.78, 5) is 26.5. The third-order valence-corrected chi connectivity index (χ3v) is 2.27. The number of carbonyl (C=O) groups is 2. The van der Waals surface area contributed by atoms with Crippen molar-refractivity contribution in [2.24, 2.45) is 0 Å². The van der Waals surface area contributed by atoms with E-state index in [4.69, 9.17) is 10.00 Å². The van der Waals surface area contributed by atoms with E-state index in [1.807, 2.05) is 6.07 Å². The fourth-order valence-corrected chi connectivity index (χ4v) is 1.41. The van der Waals surface area contributed by atoms with Crippen molar-refractivity contribution < 1.29 is 14.3 Å². The number of nitriles is 1. The molecule has 1 aromatic heterocycles. The molecule has 0 aliphatic carbocycles. The molecule has 0 saturated heterocycles. The zero-order valence-corrected chi connectivity index (χ0v) is 10.9. The van der Waals surface area contributed by atoms with Crippen molar-refractivity contribution in [1.82, 2.24) is 10.3 Å². The molecule has 6 nitrogen and oxygen atoms in total. The summed E-state index contributed by atoms with van der Waals surface area (Å²) in [5, 5.41) is 10.7. The third-order valence-electron chi connectivity index (χ3n) is 1.83. The molecule has 7 heteroatoms. The maximum Gasteiger partial charge on any atom is 0.340 e. The van der Waals surface area contributed by atoms with Gasteiger partial charge in [0.1, 0.15) is 0 Å². The monoisotopic (exact) mass is 311 g/mol. The van der Waals surface area contributed by atoms with Crippen molar-refractivity contribution in [1.29, 1.82) is 5.26 Å². The van der Waals surface area contributed by atoms with Gasteiger partial charge in [-0.2, -0.15) is 5.26 Å². The summed E-state index contributed by atoms with van der Waals surface area (Å²) in [7, 11) is 0. The van der Waals surface area contributed by atoms with Crippen LogP contribution in [-0.2, 0) is 9.53 Å². The Kier molecular flexibility index (Phi) is 5.80. The van der Waals surface area contributed by atoms with E-state index in [-0.39, 0.29) is 25.1 Å². The Bertz CT molecular complexity index is 485. The lowest BCUT2D eigenvalue weighted by Gasteiger charge is -2.05. The SMILES string of the molecule is N#CCCNC(=O)COC(=O)c1cncc(Br)c1. The van der Waals surface area contributed by atoms with Gasteiger partial charge in [-0.25, -0.2) is 4.79 Å². The molecular weight excluding hydrogens is 302 g/mol. The van der Waals surface area contributed by atoms with Gasteiger partial charge in [0.05, 0.1) is 18.1 Å². The van der Waals surface area contributed by atoms with Gasteiger partial charge in [0, 0.05) is 23.4 Å². The molecule has 0 atom stereocenters. The Balaban J connectivity index is 2.38. The number of halogens is 1. The van der Waals surface area contributed by atoms with Crippen LogP contribution in [0.25, 0.3) is 0 Å². The van der Waals surface area contributed by atoms with Gasteiger partial charge in [-0.3, -0.25) is 9.78 Å². The summed E-state index contributed by atoms with van der Waals surface area (Å²) in [6.45, 7) is -0.137. The Morgan fingerprint density at radius 2 is 2.28 bits per heavy atom. The third kappa shape index (κ3) is 4.93. The number of aromatic nitrogens is 1. The topological polar surface area (TPSA) is 92.1 Å². The molecule has 18 heavy (non-hydrogen) atoms. The van der Waals surface area contributed by atoms with E-state index in [1.165, 1.54) is 12.4 Å². The largest absolute Gasteiger partial charge is 0.452 e. The van der Waals surface area contributed by atoms with Crippen LogP contribution in [0.3, 0.4) is 0 Å². The second-order valence-electron chi connectivity index (χ2n) is 3.23. The number of amides is 1. The standard InChI is InChI=1S/C11H10BrN3O3/c12-9-4-8(5-14-6-9)11(17)18-7-10(16)15-3-1-2-13/h4-6H,1,3,7H2,(H,15,16). The van der Waals surface area contributed by atoms with Gasteiger partial charge in [-0.05, 0) is 22.0 Å². The van der Waals surface area contributed by atoms with E-state index in [9.17, 15) is 9.59 Å². The molecule has 1 N–H and O–H groups in total. The highest BCUT2D eigenvalue weighted by Crippen LogP contribution is 2.10. The van der Waals surface area contributed by atoms with Crippen LogP contribution in [0.1, 0.15) is 16.8 Å². The van der Waals surface area contributed by atoms with Crippen LogP contribution in [0.2, 0.25) is 0 Å². The molecule has 0 unspecified atom stereocenters. The van der Waals surface area contributed by atoms with Crippen LogP contribution in [0.15, 0.2) is 22.9 Å². The highest BCUT2D eigenvalue weighted by atomic mass is 79.9. The number of nitrogens with one attached hydrogen (secondary N) is 1. The Morgan fingerprint density at radius 1 is 1.50 bits per heavy atom. The zero-order chi connectivity index (χ0) is 13.4. The lowest BCUT2D eigenvalue weighted by molar-refractivity contribution is -0.124. The van der Waals surface area contributed by atoms with Crippen molar-refractivity contribution >= 4 is 27.8 Å². The Hall–Kier alpha value is -1.94. The molecule has 0 saturated carbocycles. The van der Waals surface area contributed by atoms with Crippen molar-refractivity contribution in [3.63, 3.8) is 0 Å². The smallest absolute Gasteiger partial charge is 0.340 e. The first-order valence-corrected chi connectivity index (χ1v) is 5.84. The summed E-state index contributed by atoms with van der Waals surface area (Å²) >= 11 is 3.17. The summed E-state index contributed by atoms with van der Waals surface area (Å²) in [5.41, 5.74) is 0.259. The summed E-state index contributed by atoms with van der Waals surface area (Å²) in [6.07, 6.45) is 3.10. The molecule has 0 aliphatic rings. The predicted molar refractivity (Wildman–Crippen MR) is 65.5 cm³/mol. The van der Waals surface area contributed by atoms with Crippen molar-refractivity contribution in [2.45, 2.75) is 6.42 Å². The van der Waals surface area contributed by atoms with Gasteiger partial charge in [0.2, 0.25) is 0 Å². The number of esters is 1. The van der Waals surface area contributed by atoms with Crippen LogP contribution >= 0.6 is 15.9 Å². The van der Waals surface area contributed by atoms with E-state index in [2.05, 4.69) is 26.2 Å². The van der Waals surface area contributed by atoms with Gasteiger partial charge in [-0.1, -0.05) is 0 Å². The first kappa shape index (κ1) is 14.1. The normalized spacial score (nSPS) is 9.33. The Morgan fingerprint density at radius 3 is 2.94 bits per heavy atom. The minimum Gasteiger partial charge on any atom is -0.452 e. The molecule has 1 aromatic rings. The van der Waals surface area contributed by atoms with Crippen molar-refractivity contribution in [2.75, 3.05) is 13.2 Å². The molecule has 0 aliphatic heterocycles. The number of hydrogen-bond donors (Lipinski definition) is 1. The number of hydrogen-bond acceptors (Lipinski definition) is 5. The van der Waals surface area contributed by atoms with Crippen LogP contribution in [-0.4, -0.2) is 30.0 Å². The van der Waals surface area contributed by atoms with E-state index < -0.39 is 11.9 Å². The van der Waals surface area contributed by atoms with Gasteiger partial charge in [0.25, 0.3) is 5.91 Å². The first-order valence-electron chi connectivity index (χ1n) is 5.05. The fourth-order valence-electron chi connectivity index (χ4n) is 1.05. The molecule has 1 rings (SSSR count). The van der Waals surface area contributed by atoms with Gasteiger partial charge in [-0.15, -0.1) is 0 Å². The highest BCUT2D eigenvalue weighted by Gasteiger charge is 2.10. The molecule has 0 radical (unpaired) electrons. The Labute approximate surface area is 112 Å². The molecule has 94 valence electrons. The van der Waals surface area contributed by atoms with E-state index >= 15 is 0 Å². The van der Waals surface area contributed by atoms with Crippen LogP contribution in [0, 0.1) is 11.3 Å². The second-order valence-corrected chi connectivity index (χ2v) is 4.14. The van der Waals surface area contributed by atoms with Crippen molar-refractivity contribution in [3.8, 4) is 6.07 Å². The highest BCUT2D eigenvalue weighted by molar-refractivity contribution is 9.10. The summed E-state index contributed by atoms with van der Waals surface area (Å²) in [5.74, 6) is -1.07. The zero-order valence-electron chi connectivity index (χ0n) is 9.35. The van der Waals surface area contributed by atoms with Crippen molar-refractivity contribution in [3.05, 3.63) is 28.5 Å². The lowest BCUT2D eigenvalue weighted by atomic mass is 10.3. The molecule has 1 amide bonds. The minimum atomic E-state index is -0.626. The predicted octanol–water partition coefficient (Wildman–Crippen LogP) is 1.03. The van der Waals surface area contributed by atoms with Gasteiger partial charge >= 0.3 is 5.97 Å². The molecule has 0 spiro atoms. The number of ether oxygens (including phenoxy) is 1. The van der Waals surface area contributed by atoms with Crippen LogP contribution in [0.5, 0.6) is 0 Å².